The van der Waals surface area contributed by atoms with Gasteiger partial charge >= 0.3 is 0 Å². The van der Waals surface area contributed by atoms with Crippen molar-refractivity contribution < 1.29 is 0 Å². The van der Waals surface area contributed by atoms with Crippen molar-refractivity contribution in [3.8, 4) is 9.75 Å². The molecule has 32 heavy (non-hydrogen) atoms. The fourth-order valence-electron chi connectivity index (χ4n) is 4.22. The molecule has 2 heteroatoms. The van der Waals surface area contributed by atoms with E-state index in [1.54, 1.807) is 22.7 Å². The van der Waals surface area contributed by atoms with E-state index in [-0.39, 0.29) is 0 Å². The molecule has 0 amide bonds. The van der Waals surface area contributed by atoms with Gasteiger partial charge < -0.3 is 0 Å². The number of rotatable bonds is 1. The summed E-state index contributed by atoms with van der Waals surface area (Å²) in [7, 11) is 0. The highest BCUT2D eigenvalue weighted by molar-refractivity contribution is 7.20. The Morgan fingerprint density at radius 1 is 0.312 bits per heavy atom. The minimum Gasteiger partial charge on any atom is -0.143 e. The van der Waals surface area contributed by atoms with E-state index in [0.29, 0.717) is 0 Å². The molecule has 0 atom stereocenters. The average Bonchev–Trinajstić information content (AvgIpc) is 3.55. The van der Waals surface area contributed by atoms with Crippen LogP contribution in [0.3, 0.4) is 0 Å². The van der Waals surface area contributed by atoms with E-state index in [1.807, 2.05) is 0 Å². The third-order valence-corrected chi connectivity index (χ3v) is 7.75. The van der Waals surface area contributed by atoms with Crippen molar-refractivity contribution in [2.45, 2.75) is 0 Å². The first kappa shape index (κ1) is 19.2. The number of fused-ring (bicyclic) bond motifs is 4. The number of benzene rings is 5. The molecule has 0 N–H and O–H groups in total. The van der Waals surface area contributed by atoms with Crippen molar-refractivity contribution >= 4 is 65.8 Å². The Kier molecular flexibility index (Phi) is 4.95. The van der Waals surface area contributed by atoms with Crippen LogP contribution in [-0.2, 0) is 0 Å². The second kappa shape index (κ2) is 8.23. The maximum absolute atomic E-state index is 2.31. The average molecular weight is 445 g/mol. The standard InChI is InChI=1S/C22H14.C8H6S2/c1-2-6-16-10-20-14-22-12-18-8-4-3-7-17(18)11-21(22)13-19(20)9-15(16)5-1;1-3-7(9-5-1)8-4-2-6-10-8/h1-14H;1-6H. The van der Waals surface area contributed by atoms with Gasteiger partial charge in [0.25, 0.3) is 0 Å². The Morgan fingerprint density at radius 2 is 0.625 bits per heavy atom. The summed E-state index contributed by atoms with van der Waals surface area (Å²) >= 11 is 3.58. The lowest BCUT2D eigenvalue weighted by Gasteiger charge is -2.07. The van der Waals surface area contributed by atoms with Gasteiger partial charge in [-0.25, -0.2) is 0 Å². The van der Waals surface area contributed by atoms with Crippen LogP contribution in [0.4, 0.5) is 0 Å². The van der Waals surface area contributed by atoms with E-state index >= 15 is 0 Å². The normalized spacial score (nSPS) is 11.1. The third-order valence-electron chi connectivity index (χ3n) is 5.81. The molecule has 0 bridgehead atoms. The Labute approximate surface area is 195 Å². The molecular formula is C30H20S2. The summed E-state index contributed by atoms with van der Waals surface area (Å²) in [5, 5.41) is 14.6. The zero-order valence-electron chi connectivity index (χ0n) is 17.4. The predicted octanol–water partition coefficient (Wildman–Crippen LogP) is 9.78. The summed E-state index contributed by atoms with van der Waals surface area (Å²) < 4.78 is 0. The largest absolute Gasteiger partial charge is 0.143 e. The Hall–Kier alpha value is -3.46. The summed E-state index contributed by atoms with van der Waals surface area (Å²) in [4.78, 5) is 2.74. The van der Waals surface area contributed by atoms with Crippen molar-refractivity contribution in [1.29, 1.82) is 0 Å². The molecule has 7 aromatic rings. The van der Waals surface area contributed by atoms with Gasteiger partial charge in [0.05, 0.1) is 0 Å². The number of thiophene rings is 2. The topological polar surface area (TPSA) is 0 Å². The SMILES string of the molecule is c1ccc2cc3cc4cc5ccccc5cc4cc3cc2c1.c1csc(-c2cccs2)c1. The molecule has 0 fully saturated rings. The van der Waals surface area contributed by atoms with Gasteiger partial charge in [-0.2, -0.15) is 0 Å². The van der Waals surface area contributed by atoms with Crippen molar-refractivity contribution in [2.75, 3.05) is 0 Å². The minimum absolute atomic E-state index is 1.30. The number of hydrogen-bond acceptors (Lipinski definition) is 2. The van der Waals surface area contributed by atoms with Gasteiger partial charge in [0.15, 0.2) is 0 Å². The van der Waals surface area contributed by atoms with Gasteiger partial charge in [0.2, 0.25) is 0 Å². The summed E-state index contributed by atoms with van der Waals surface area (Å²) in [5.41, 5.74) is 0. The van der Waals surface area contributed by atoms with Gasteiger partial charge in [0, 0.05) is 9.75 Å². The molecule has 2 aromatic heterocycles. The molecule has 0 aliphatic rings. The highest BCUT2D eigenvalue weighted by atomic mass is 32.1. The number of hydrogen-bond donors (Lipinski definition) is 0. The molecule has 2 heterocycles. The molecular weight excluding hydrogens is 424 g/mol. The van der Waals surface area contributed by atoms with Gasteiger partial charge in [-0.05, 0) is 102 Å². The predicted molar refractivity (Wildman–Crippen MR) is 144 cm³/mol. The van der Waals surface area contributed by atoms with Crippen LogP contribution in [0.1, 0.15) is 0 Å². The van der Waals surface area contributed by atoms with Crippen LogP contribution >= 0.6 is 22.7 Å². The third kappa shape index (κ3) is 3.69. The Balaban J connectivity index is 0.000000164. The van der Waals surface area contributed by atoms with Crippen molar-refractivity contribution in [1.82, 2.24) is 0 Å². The lowest BCUT2D eigenvalue weighted by atomic mass is 9.97. The molecule has 0 radical (unpaired) electrons. The molecule has 0 saturated heterocycles. The Morgan fingerprint density at radius 3 is 0.906 bits per heavy atom. The lowest BCUT2D eigenvalue weighted by Crippen LogP contribution is -1.80. The van der Waals surface area contributed by atoms with E-state index in [2.05, 4.69) is 120 Å². The molecule has 0 spiro atoms. The molecule has 0 nitrogen and oxygen atoms in total. The van der Waals surface area contributed by atoms with Gasteiger partial charge in [-0.15, -0.1) is 22.7 Å². The maximum atomic E-state index is 2.31. The first-order chi connectivity index (χ1) is 15.8. The zero-order valence-corrected chi connectivity index (χ0v) is 19.0. The van der Waals surface area contributed by atoms with Crippen LogP contribution in [0, 0.1) is 0 Å². The van der Waals surface area contributed by atoms with Crippen LogP contribution in [0.25, 0.3) is 52.8 Å². The molecule has 152 valence electrons. The summed E-state index contributed by atoms with van der Waals surface area (Å²) in [6.07, 6.45) is 0. The van der Waals surface area contributed by atoms with E-state index < -0.39 is 0 Å². The lowest BCUT2D eigenvalue weighted by molar-refractivity contribution is 1.78. The van der Waals surface area contributed by atoms with Gasteiger partial charge in [0.1, 0.15) is 0 Å². The van der Waals surface area contributed by atoms with Crippen LogP contribution in [0.5, 0.6) is 0 Å². The van der Waals surface area contributed by atoms with Crippen molar-refractivity contribution in [3.05, 3.63) is 120 Å². The fraction of sp³-hybridized carbons (Fsp3) is 0. The monoisotopic (exact) mass is 444 g/mol. The molecule has 5 aromatic carbocycles. The Bertz CT molecular complexity index is 1440. The summed E-state index contributed by atoms with van der Waals surface area (Å²) in [6.45, 7) is 0. The smallest absolute Gasteiger partial charge is 0.0442 e. The second-order valence-corrected chi connectivity index (χ2v) is 9.80. The minimum atomic E-state index is 1.30. The second-order valence-electron chi connectivity index (χ2n) is 7.90. The fourth-order valence-corrected chi connectivity index (χ4v) is 5.80. The van der Waals surface area contributed by atoms with Crippen LogP contribution in [0.15, 0.2) is 120 Å². The van der Waals surface area contributed by atoms with E-state index in [0.717, 1.165) is 0 Å². The zero-order chi connectivity index (χ0) is 21.3. The van der Waals surface area contributed by atoms with Crippen LogP contribution < -0.4 is 0 Å². The molecule has 7 rings (SSSR count). The van der Waals surface area contributed by atoms with Gasteiger partial charge in [-0.1, -0.05) is 60.7 Å². The van der Waals surface area contributed by atoms with E-state index in [1.165, 1.54) is 52.8 Å². The quantitative estimate of drug-likeness (QED) is 0.221. The molecule has 0 unspecified atom stereocenters. The van der Waals surface area contributed by atoms with E-state index in [4.69, 9.17) is 0 Å². The first-order valence-corrected chi connectivity index (χ1v) is 12.4. The molecule has 0 aliphatic heterocycles. The molecule has 0 aliphatic carbocycles. The van der Waals surface area contributed by atoms with Crippen molar-refractivity contribution in [3.63, 3.8) is 0 Å². The molecule has 0 saturated carbocycles. The van der Waals surface area contributed by atoms with E-state index in [9.17, 15) is 0 Å². The highest BCUT2D eigenvalue weighted by Crippen LogP contribution is 2.30. The highest BCUT2D eigenvalue weighted by Gasteiger charge is 2.03. The van der Waals surface area contributed by atoms with Gasteiger partial charge in [-0.3, -0.25) is 0 Å². The first-order valence-electron chi connectivity index (χ1n) is 10.7. The van der Waals surface area contributed by atoms with Crippen LogP contribution in [-0.4, -0.2) is 0 Å². The van der Waals surface area contributed by atoms with Crippen molar-refractivity contribution in [2.24, 2.45) is 0 Å². The maximum Gasteiger partial charge on any atom is 0.0442 e. The summed E-state index contributed by atoms with van der Waals surface area (Å²) in [5.74, 6) is 0. The van der Waals surface area contributed by atoms with Crippen LogP contribution in [0.2, 0.25) is 0 Å². The summed E-state index contributed by atoms with van der Waals surface area (Å²) in [6, 6.07) is 39.4.